The molecule has 0 aliphatic carbocycles. The smallest absolute Gasteiger partial charge is 0.250 e. The van der Waals surface area contributed by atoms with Crippen molar-refractivity contribution in [1.29, 1.82) is 0 Å². The molecule has 0 saturated carbocycles. The van der Waals surface area contributed by atoms with E-state index in [0.717, 1.165) is 0 Å². The second-order valence-electron chi connectivity index (χ2n) is 3.64. The number of amides is 2. The van der Waals surface area contributed by atoms with E-state index in [4.69, 9.17) is 5.84 Å². The van der Waals surface area contributed by atoms with Crippen LogP contribution < -0.4 is 16.6 Å². The molecule has 88 valence electrons. The Morgan fingerprint density at radius 2 is 1.87 bits per heavy atom. The fourth-order valence-electron chi connectivity index (χ4n) is 1.24. The van der Waals surface area contributed by atoms with Gasteiger partial charge < -0.3 is 5.32 Å². The number of nitrogens with two attached hydrogens (primary N) is 1. The maximum atomic E-state index is 11.2. The van der Waals surface area contributed by atoms with Crippen LogP contribution in [0.15, 0.2) is 0 Å². The first-order valence-corrected chi connectivity index (χ1v) is 4.86. The van der Waals surface area contributed by atoms with Gasteiger partial charge in [-0.25, -0.2) is 5.84 Å². The average Bonchev–Trinajstić information content (AvgIpc) is 2.25. The van der Waals surface area contributed by atoms with E-state index in [9.17, 15) is 9.59 Å². The van der Waals surface area contributed by atoms with Crippen molar-refractivity contribution in [2.75, 3.05) is 20.6 Å². The normalized spacial score (nSPS) is 14.5. The molecule has 0 aromatic rings. The van der Waals surface area contributed by atoms with Crippen molar-refractivity contribution >= 4 is 11.8 Å². The van der Waals surface area contributed by atoms with Crippen LogP contribution >= 0.6 is 0 Å². The third-order valence-electron chi connectivity index (χ3n) is 2.44. The van der Waals surface area contributed by atoms with E-state index in [2.05, 4.69) is 10.7 Å². The summed E-state index contributed by atoms with van der Waals surface area (Å²) >= 11 is 0. The van der Waals surface area contributed by atoms with Gasteiger partial charge in [0, 0.05) is 19.5 Å². The van der Waals surface area contributed by atoms with Crippen molar-refractivity contribution in [1.82, 2.24) is 15.6 Å². The molecule has 6 heteroatoms. The van der Waals surface area contributed by atoms with Gasteiger partial charge in [0.05, 0.1) is 6.04 Å². The Kier molecular flexibility index (Phi) is 5.88. The summed E-state index contributed by atoms with van der Waals surface area (Å²) in [6.07, 6.45) is 0. The number of hydrogen-bond acceptors (Lipinski definition) is 4. The molecular formula is C9H20N4O2. The zero-order chi connectivity index (χ0) is 12.0. The molecule has 0 spiro atoms. The third kappa shape index (κ3) is 4.26. The van der Waals surface area contributed by atoms with E-state index in [1.165, 1.54) is 0 Å². The summed E-state index contributed by atoms with van der Waals surface area (Å²) in [5.41, 5.74) is 2.08. The van der Waals surface area contributed by atoms with Crippen molar-refractivity contribution in [2.45, 2.75) is 19.9 Å². The van der Waals surface area contributed by atoms with Crippen LogP contribution in [0.5, 0.6) is 0 Å². The monoisotopic (exact) mass is 216 g/mol. The van der Waals surface area contributed by atoms with Gasteiger partial charge in [0.2, 0.25) is 5.91 Å². The minimum Gasteiger partial charge on any atom is -0.359 e. The van der Waals surface area contributed by atoms with Gasteiger partial charge in [0.25, 0.3) is 5.91 Å². The number of likely N-dealkylation sites (N-methyl/N-ethyl adjacent to an activating group) is 1. The average molecular weight is 216 g/mol. The lowest BCUT2D eigenvalue weighted by molar-refractivity contribution is -0.128. The number of rotatable bonds is 5. The largest absolute Gasteiger partial charge is 0.359 e. The van der Waals surface area contributed by atoms with Crippen LogP contribution in [0, 0.1) is 5.92 Å². The number of nitrogens with zero attached hydrogens (tertiary/aromatic N) is 1. The molecule has 2 unspecified atom stereocenters. The van der Waals surface area contributed by atoms with Crippen molar-refractivity contribution in [3.05, 3.63) is 0 Å². The maximum Gasteiger partial charge on any atom is 0.250 e. The molecule has 0 fully saturated rings. The quantitative estimate of drug-likeness (QED) is 0.302. The standard InChI is InChI=1S/C9H20N4O2/c1-6(8(14)11-3)5-13(4)7(2)9(15)12-10/h6-7H,5,10H2,1-4H3,(H,11,14)(H,12,15). The van der Waals surface area contributed by atoms with Crippen LogP contribution in [-0.2, 0) is 9.59 Å². The van der Waals surface area contributed by atoms with E-state index < -0.39 is 0 Å². The summed E-state index contributed by atoms with van der Waals surface area (Å²) < 4.78 is 0. The Hall–Kier alpha value is -1.14. The lowest BCUT2D eigenvalue weighted by Gasteiger charge is -2.25. The van der Waals surface area contributed by atoms with Crippen molar-refractivity contribution in [3.8, 4) is 0 Å². The minimum absolute atomic E-state index is 0.0396. The second kappa shape index (κ2) is 6.36. The molecule has 0 aromatic carbocycles. The highest BCUT2D eigenvalue weighted by molar-refractivity contribution is 5.81. The van der Waals surface area contributed by atoms with Crippen molar-refractivity contribution in [2.24, 2.45) is 11.8 Å². The molecule has 6 nitrogen and oxygen atoms in total. The van der Waals surface area contributed by atoms with Gasteiger partial charge in [-0.1, -0.05) is 6.92 Å². The predicted octanol–water partition coefficient (Wildman–Crippen LogP) is -1.32. The van der Waals surface area contributed by atoms with Gasteiger partial charge in [0.15, 0.2) is 0 Å². The number of hydrazine groups is 1. The fourth-order valence-corrected chi connectivity index (χ4v) is 1.24. The number of carbonyl (C=O) groups excluding carboxylic acids is 2. The highest BCUT2D eigenvalue weighted by Crippen LogP contribution is 2.02. The van der Waals surface area contributed by atoms with E-state index in [1.54, 1.807) is 25.9 Å². The molecule has 2 amide bonds. The van der Waals surface area contributed by atoms with Crippen LogP contribution in [0.25, 0.3) is 0 Å². The van der Waals surface area contributed by atoms with E-state index in [1.807, 2.05) is 6.92 Å². The molecule has 2 atom stereocenters. The second-order valence-corrected chi connectivity index (χ2v) is 3.64. The van der Waals surface area contributed by atoms with Gasteiger partial charge in [0.1, 0.15) is 0 Å². The maximum absolute atomic E-state index is 11.2. The van der Waals surface area contributed by atoms with Crippen LogP contribution in [0.2, 0.25) is 0 Å². The summed E-state index contributed by atoms with van der Waals surface area (Å²) in [5.74, 6) is 4.56. The summed E-state index contributed by atoms with van der Waals surface area (Å²) in [4.78, 5) is 24.2. The van der Waals surface area contributed by atoms with Crippen LogP contribution in [0.4, 0.5) is 0 Å². The topological polar surface area (TPSA) is 87.5 Å². The highest BCUT2D eigenvalue weighted by atomic mass is 16.2. The Bertz CT molecular complexity index is 232. The molecule has 0 bridgehead atoms. The predicted molar refractivity (Wildman–Crippen MR) is 57.7 cm³/mol. The van der Waals surface area contributed by atoms with E-state index in [-0.39, 0.29) is 23.8 Å². The number of hydrogen-bond donors (Lipinski definition) is 3. The zero-order valence-corrected chi connectivity index (χ0v) is 9.70. The summed E-state index contributed by atoms with van der Waals surface area (Å²) in [6, 6.07) is -0.345. The molecule has 15 heavy (non-hydrogen) atoms. The molecule has 0 aliphatic rings. The molecular weight excluding hydrogens is 196 g/mol. The van der Waals surface area contributed by atoms with Crippen molar-refractivity contribution in [3.63, 3.8) is 0 Å². The zero-order valence-electron chi connectivity index (χ0n) is 9.70. The van der Waals surface area contributed by atoms with Crippen LogP contribution in [-0.4, -0.2) is 43.4 Å². The van der Waals surface area contributed by atoms with Gasteiger partial charge >= 0.3 is 0 Å². The van der Waals surface area contributed by atoms with Crippen LogP contribution in [0.1, 0.15) is 13.8 Å². The molecule has 0 heterocycles. The van der Waals surface area contributed by atoms with Gasteiger partial charge in [-0.05, 0) is 14.0 Å². The molecule has 0 saturated heterocycles. The van der Waals surface area contributed by atoms with Gasteiger partial charge in [-0.15, -0.1) is 0 Å². The number of nitrogens with one attached hydrogen (secondary N) is 2. The Labute approximate surface area is 90.2 Å². The molecule has 0 radical (unpaired) electrons. The summed E-state index contributed by atoms with van der Waals surface area (Å²) in [7, 11) is 3.37. The first-order valence-electron chi connectivity index (χ1n) is 4.86. The summed E-state index contributed by atoms with van der Waals surface area (Å²) in [5, 5.41) is 2.56. The Morgan fingerprint density at radius 3 is 2.27 bits per heavy atom. The third-order valence-corrected chi connectivity index (χ3v) is 2.44. The minimum atomic E-state index is -0.345. The molecule has 0 aliphatic heterocycles. The van der Waals surface area contributed by atoms with Gasteiger partial charge in [-0.3, -0.25) is 19.9 Å². The lowest BCUT2D eigenvalue weighted by atomic mass is 10.1. The molecule has 4 N–H and O–H groups in total. The van der Waals surface area contributed by atoms with E-state index >= 15 is 0 Å². The SMILES string of the molecule is CNC(=O)C(C)CN(C)C(C)C(=O)NN. The molecule has 0 rings (SSSR count). The number of carbonyl (C=O) groups is 2. The highest BCUT2D eigenvalue weighted by Gasteiger charge is 2.21. The first-order chi connectivity index (χ1) is 6.93. The van der Waals surface area contributed by atoms with Crippen LogP contribution in [0.3, 0.4) is 0 Å². The van der Waals surface area contributed by atoms with E-state index in [0.29, 0.717) is 6.54 Å². The Morgan fingerprint density at radius 1 is 1.33 bits per heavy atom. The first kappa shape index (κ1) is 13.9. The Balaban J connectivity index is 4.17. The lowest BCUT2D eigenvalue weighted by Crippen LogP contribution is -2.48. The summed E-state index contributed by atoms with van der Waals surface area (Å²) in [6.45, 7) is 4.05. The van der Waals surface area contributed by atoms with Crippen molar-refractivity contribution < 1.29 is 9.59 Å². The van der Waals surface area contributed by atoms with Gasteiger partial charge in [-0.2, -0.15) is 0 Å². The fraction of sp³-hybridized carbons (Fsp3) is 0.778. The molecule has 0 aromatic heterocycles.